The van der Waals surface area contributed by atoms with Crippen molar-refractivity contribution in [1.29, 1.82) is 0 Å². The summed E-state index contributed by atoms with van der Waals surface area (Å²) in [5.41, 5.74) is 11.1. The minimum absolute atomic E-state index is 0.128. The van der Waals surface area contributed by atoms with E-state index >= 15 is 0 Å². The highest BCUT2D eigenvalue weighted by Gasteiger charge is 2.38. The number of rotatable bonds is 3. The molecule has 0 aliphatic heterocycles. The Morgan fingerprint density at radius 1 is 0.547 bits per heavy atom. The predicted octanol–water partition coefficient (Wildman–Crippen LogP) is 14.0. The number of para-hydroxylation sites is 1. The Labute approximate surface area is 316 Å². The van der Waals surface area contributed by atoms with E-state index in [0.717, 1.165) is 38.5 Å². The van der Waals surface area contributed by atoms with Crippen LogP contribution in [0.5, 0.6) is 0 Å². The van der Waals surface area contributed by atoms with Crippen molar-refractivity contribution in [1.82, 2.24) is 14.5 Å². The van der Waals surface area contributed by atoms with E-state index in [1.54, 1.807) is 11.3 Å². The van der Waals surface area contributed by atoms with E-state index < -0.39 is 0 Å². The van der Waals surface area contributed by atoms with Crippen LogP contribution in [-0.4, -0.2) is 14.5 Å². The first-order valence-electron chi connectivity index (χ1n) is 18.5. The minimum atomic E-state index is 0.128. The number of benzene rings is 6. The fraction of sp³-hybridized carbons (Fsp3) is 0.167. The van der Waals surface area contributed by atoms with Gasteiger partial charge in [0.25, 0.3) is 0 Å². The zero-order chi connectivity index (χ0) is 35.6. The molecule has 0 fully saturated rings. The van der Waals surface area contributed by atoms with Crippen molar-refractivity contribution >= 4 is 85.0 Å². The standard InChI is InChI=1S/C48H37N3S2/c1-47(2)24-25-48(3,4)36-27-38-34(26-35(36)47)30-12-5-8-16-37(30)51(38)29-22-20-28(21-23-29)46-49-43-32-14-7-10-18-40(32)53-45(43)44(50-46)33-15-11-19-41-42(33)31-13-6-9-17-39(31)52-41/h5-23,26-27H,24-25H2,1-4H3. The summed E-state index contributed by atoms with van der Waals surface area (Å²) in [4.78, 5) is 10.8. The lowest BCUT2D eigenvalue weighted by Gasteiger charge is -2.42. The van der Waals surface area contributed by atoms with E-state index in [1.165, 1.54) is 76.0 Å². The molecule has 0 atom stereocenters. The maximum absolute atomic E-state index is 5.44. The zero-order valence-corrected chi connectivity index (χ0v) is 31.8. The van der Waals surface area contributed by atoms with Crippen molar-refractivity contribution < 1.29 is 0 Å². The monoisotopic (exact) mass is 719 g/mol. The molecule has 0 saturated heterocycles. The molecule has 4 aromatic heterocycles. The van der Waals surface area contributed by atoms with Crippen LogP contribution >= 0.6 is 22.7 Å². The molecule has 5 heteroatoms. The Morgan fingerprint density at radius 2 is 1.19 bits per heavy atom. The number of aromatic nitrogens is 3. The highest BCUT2D eigenvalue weighted by molar-refractivity contribution is 7.26. The summed E-state index contributed by atoms with van der Waals surface area (Å²) in [7, 11) is 0. The molecular formula is C48H37N3S2. The molecule has 256 valence electrons. The molecule has 0 N–H and O–H groups in total. The van der Waals surface area contributed by atoms with Crippen LogP contribution < -0.4 is 0 Å². The van der Waals surface area contributed by atoms with Gasteiger partial charge < -0.3 is 4.57 Å². The van der Waals surface area contributed by atoms with Crippen LogP contribution in [0.25, 0.3) is 90.6 Å². The van der Waals surface area contributed by atoms with Crippen LogP contribution in [-0.2, 0) is 10.8 Å². The lowest BCUT2D eigenvalue weighted by molar-refractivity contribution is 0.332. The van der Waals surface area contributed by atoms with Crippen LogP contribution in [0, 0.1) is 0 Å². The number of nitrogens with zero attached hydrogens (tertiary/aromatic N) is 3. The van der Waals surface area contributed by atoms with Crippen molar-refractivity contribution in [3.05, 3.63) is 139 Å². The summed E-state index contributed by atoms with van der Waals surface area (Å²) in [5, 5.41) is 6.35. The fourth-order valence-electron chi connectivity index (χ4n) is 8.94. The molecule has 10 aromatic rings. The minimum Gasteiger partial charge on any atom is -0.309 e. The van der Waals surface area contributed by atoms with Crippen LogP contribution in [0.1, 0.15) is 51.7 Å². The Morgan fingerprint density at radius 3 is 1.96 bits per heavy atom. The fourth-order valence-corrected chi connectivity index (χ4v) is 11.2. The van der Waals surface area contributed by atoms with Gasteiger partial charge in [0.05, 0.1) is 26.9 Å². The predicted molar refractivity (Wildman–Crippen MR) is 228 cm³/mol. The van der Waals surface area contributed by atoms with Crippen LogP contribution in [0.15, 0.2) is 127 Å². The summed E-state index contributed by atoms with van der Waals surface area (Å²) >= 11 is 3.64. The van der Waals surface area contributed by atoms with Gasteiger partial charge in [-0.25, -0.2) is 9.97 Å². The van der Waals surface area contributed by atoms with E-state index in [9.17, 15) is 0 Å². The molecular weight excluding hydrogens is 683 g/mol. The normalized spacial score (nSPS) is 15.3. The maximum atomic E-state index is 5.44. The Balaban J connectivity index is 1.12. The van der Waals surface area contributed by atoms with Gasteiger partial charge in [0.2, 0.25) is 0 Å². The molecule has 4 heterocycles. The van der Waals surface area contributed by atoms with Crippen molar-refractivity contribution in [3.63, 3.8) is 0 Å². The topological polar surface area (TPSA) is 30.7 Å². The molecule has 0 amide bonds. The Bertz CT molecular complexity index is 3120. The third-order valence-electron chi connectivity index (χ3n) is 11.9. The van der Waals surface area contributed by atoms with Crippen molar-refractivity contribution in [3.8, 4) is 28.3 Å². The molecule has 0 saturated carbocycles. The summed E-state index contributed by atoms with van der Waals surface area (Å²) in [6.45, 7) is 9.66. The average Bonchev–Trinajstić information content (AvgIpc) is 3.85. The van der Waals surface area contributed by atoms with Gasteiger partial charge >= 0.3 is 0 Å². The van der Waals surface area contributed by atoms with Gasteiger partial charge in [0.1, 0.15) is 0 Å². The first-order valence-corrected chi connectivity index (χ1v) is 20.2. The SMILES string of the molecule is CC1(C)CCC(C)(C)c2cc3c(cc21)c1ccccc1n3-c1ccc(-c2nc(-c3cccc4sc5ccccc5c34)c3sc4ccccc4c3n2)cc1. The average molecular weight is 720 g/mol. The van der Waals surface area contributed by atoms with E-state index in [2.05, 4.69) is 160 Å². The van der Waals surface area contributed by atoms with Gasteiger partial charge in [-0.1, -0.05) is 94.4 Å². The molecule has 0 unspecified atom stereocenters. The van der Waals surface area contributed by atoms with Gasteiger partial charge in [-0.15, -0.1) is 22.7 Å². The van der Waals surface area contributed by atoms with Crippen molar-refractivity contribution in [2.75, 3.05) is 0 Å². The van der Waals surface area contributed by atoms with Crippen molar-refractivity contribution in [2.24, 2.45) is 0 Å². The van der Waals surface area contributed by atoms with Crippen LogP contribution in [0.3, 0.4) is 0 Å². The summed E-state index contributed by atoms with van der Waals surface area (Å²) in [5.74, 6) is 0.749. The Kier molecular flexibility index (Phi) is 6.52. The highest BCUT2D eigenvalue weighted by Crippen LogP contribution is 2.49. The van der Waals surface area contributed by atoms with E-state index in [4.69, 9.17) is 9.97 Å². The lowest BCUT2D eigenvalue weighted by atomic mass is 9.63. The van der Waals surface area contributed by atoms with Crippen molar-refractivity contribution in [2.45, 2.75) is 51.4 Å². The molecule has 0 spiro atoms. The number of thiophene rings is 2. The molecule has 6 aromatic carbocycles. The Hall–Kier alpha value is -5.36. The number of fused-ring (bicyclic) bond motifs is 10. The smallest absolute Gasteiger partial charge is 0.160 e. The van der Waals surface area contributed by atoms with Gasteiger partial charge in [-0.3, -0.25) is 0 Å². The van der Waals surface area contributed by atoms with Crippen LogP contribution in [0.2, 0.25) is 0 Å². The largest absolute Gasteiger partial charge is 0.309 e. The van der Waals surface area contributed by atoms with E-state index in [-0.39, 0.29) is 10.8 Å². The number of hydrogen-bond donors (Lipinski definition) is 0. The second-order valence-electron chi connectivity index (χ2n) is 16.0. The molecule has 1 aliphatic rings. The second kappa shape index (κ2) is 11.1. The summed E-state index contributed by atoms with van der Waals surface area (Å²) in [6.07, 6.45) is 2.39. The van der Waals surface area contributed by atoms with E-state index in [0.29, 0.717) is 0 Å². The van der Waals surface area contributed by atoms with Gasteiger partial charge in [0, 0.05) is 57.8 Å². The molecule has 0 radical (unpaired) electrons. The number of hydrogen-bond acceptors (Lipinski definition) is 4. The summed E-state index contributed by atoms with van der Waals surface area (Å²) < 4.78 is 7.39. The molecule has 53 heavy (non-hydrogen) atoms. The van der Waals surface area contributed by atoms with Crippen LogP contribution in [0.4, 0.5) is 0 Å². The second-order valence-corrected chi connectivity index (χ2v) is 18.2. The van der Waals surface area contributed by atoms with Gasteiger partial charge in [-0.2, -0.15) is 0 Å². The molecule has 3 nitrogen and oxygen atoms in total. The highest BCUT2D eigenvalue weighted by atomic mass is 32.1. The third kappa shape index (κ3) is 4.57. The molecule has 11 rings (SSSR count). The molecule has 0 bridgehead atoms. The zero-order valence-electron chi connectivity index (χ0n) is 30.2. The quantitative estimate of drug-likeness (QED) is 0.182. The summed E-state index contributed by atoms with van der Waals surface area (Å²) in [6, 6.07) is 46.8. The third-order valence-corrected chi connectivity index (χ3v) is 14.2. The maximum Gasteiger partial charge on any atom is 0.160 e. The first-order chi connectivity index (χ1) is 25.7. The van der Waals surface area contributed by atoms with E-state index in [1.807, 2.05) is 11.3 Å². The molecule has 1 aliphatic carbocycles. The van der Waals surface area contributed by atoms with Gasteiger partial charge in [-0.05, 0) is 95.5 Å². The lowest BCUT2D eigenvalue weighted by Crippen LogP contribution is -2.33. The van der Waals surface area contributed by atoms with Gasteiger partial charge in [0.15, 0.2) is 5.82 Å². The first kappa shape index (κ1) is 31.2.